The molecule has 2 fully saturated rings. The van der Waals surface area contributed by atoms with Crippen LogP contribution in [-0.2, 0) is 37.3 Å². The standard InChI is InChI=1S/C26H39O14P/c1-14(2)19-9-8-10-20(17(7)18-11-12-18)21(19)33-13-34-24(37-22(27)35-15(3)4)39-41(32)26(31,40-41)25(29,30)38-23(28)36-16(5)6/h8-10,14-18,24,29-31H,11-13H2,1-7H3/t17-,24?,26?,41?/m1/s1. The fourth-order valence-corrected chi connectivity index (χ4v) is 5.46. The van der Waals surface area contributed by atoms with Crippen molar-refractivity contribution in [1.29, 1.82) is 0 Å². The molecule has 15 heteroatoms. The number of ether oxygens (including phenoxy) is 6. The van der Waals surface area contributed by atoms with Gasteiger partial charge in [-0.15, -0.1) is 0 Å². The highest BCUT2D eigenvalue weighted by Gasteiger charge is 2.85. The summed E-state index contributed by atoms with van der Waals surface area (Å²) in [6, 6.07) is 5.81. The molecule has 1 aliphatic carbocycles. The third kappa shape index (κ3) is 8.10. The van der Waals surface area contributed by atoms with Crippen LogP contribution in [0.2, 0.25) is 0 Å². The highest BCUT2D eigenvalue weighted by Crippen LogP contribution is 2.80. The molecular formula is C26H39O14P. The van der Waals surface area contributed by atoms with Gasteiger partial charge in [0.15, 0.2) is 6.79 Å². The minimum absolute atomic E-state index is 0.0935. The summed E-state index contributed by atoms with van der Waals surface area (Å²) in [5.41, 5.74) is -1.59. The van der Waals surface area contributed by atoms with Gasteiger partial charge in [-0.25, -0.2) is 14.1 Å². The van der Waals surface area contributed by atoms with Crippen molar-refractivity contribution in [3.63, 3.8) is 0 Å². The van der Waals surface area contributed by atoms with Crippen LogP contribution >= 0.6 is 7.60 Å². The summed E-state index contributed by atoms with van der Waals surface area (Å²) in [5.74, 6) is -2.48. The predicted octanol–water partition coefficient (Wildman–Crippen LogP) is 4.61. The maximum Gasteiger partial charge on any atom is 0.513 e. The van der Waals surface area contributed by atoms with Crippen molar-refractivity contribution in [3.8, 4) is 5.75 Å². The van der Waals surface area contributed by atoms with Crippen molar-refractivity contribution in [2.45, 2.75) is 103 Å². The molecule has 0 spiro atoms. The summed E-state index contributed by atoms with van der Waals surface area (Å²) in [4.78, 5) is 23.9. The predicted molar refractivity (Wildman–Crippen MR) is 139 cm³/mol. The molecule has 3 unspecified atom stereocenters. The van der Waals surface area contributed by atoms with Gasteiger partial charge in [0.05, 0.1) is 12.2 Å². The maximum atomic E-state index is 13.0. The molecule has 41 heavy (non-hydrogen) atoms. The lowest BCUT2D eigenvalue weighted by Crippen LogP contribution is -2.49. The third-order valence-corrected chi connectivity index (χ3v) is 8.16. The van der Waals surface area contributed by atoms with E-state index in [4.69, 9.17) is 23.5 Å². The van der Waals surface area contributed by atoms with Gasteiger partial charge in [0.1, 0.15) is 5.75 Å². The largest absolute Gasteiger partial charge is 0.513 e. The van der Waals surface area contributed by atoms with Crippen LogP contribution in [-0.4, -0.2) is 64.6 Å². The molecule has 1 saturated carbocycles. The van der Waals surface area contributed by atoms with E-state index in [-0.39, 0.29) is 11.8 Å². The number of para-hydroxylation sites is 1. The Labute approximate surface area is 238 Å². The minimum atomic E-state index is -4.95. The van der Waals surface area contributed by atoms with E-state index < -0.39 is 56.9 Å². The van der Waals surface area contributed by atoms with Crippen LogP contribution in [0.25, 0.3) is 0 Å². The van der Waals surface area contributed by atoms with Gasteiger partial charge in [-0.2, -0.15) is 0 Å². The summed E-state index contributed by atoms with van der Waals surface area (Å²) >= 11 is 0. The van der Waals surface area contributed by atoms with E-state index in [9.17, 15) is 29.5 Å². The van der Waals surface area contributed by atoms with Gasteiger partial charge in [0.2, 0.25) is 0 Å². The van der Waals surface area contributed by atoms with Crippen molar-refractivity contribution in [3.05, 3.63) is 29.3 Å². The molecule has 0 bridgehead atoms. The van der Waals surface area contributed by atoms with Crippen LogP contribution in [0, 0.1) is 5.92 Å². The van der Waals surface area contributed by atoms with Crippen LogP contribution in [0.3, 0.4) is 0 Å². The van der Waals surface area contributed by atoms with Crippen LogP contribution in [0.1, 0.15) is 84.3 Å². The van der Waals surface area contributed by atoms with Crippen molar-refractivity contribution in [1.82, 2.24) is 0 Å². The first kappa shape index (κ1) is 33.1. The number of hydrogen-bond acceptors (Lipinski definition) is 14. The molecule has 2 aliphatic rings. The first-order valence-corrected chi connectivity index (χ1v) is 14.8. The molecule has 0 aromatic heterocycles. The smallest absolute Gasteiger partial charge is 0.467 e. The Morgan fingerprint density at radius 1 is 1.00 bits per heavy atom. The minimum Gasteiger partial charge on any atom is -0.467 e. The second-order valence-corrected chi connectivity index (χ2v) is 12.7. The molecule has 0 amide bonds. The number of rotatable bonds is 14. The van der Waals surface area contributed by atoms with E-state index in [1.54, 1.807) is 0 Å². The number of carbonyl (C=O) groups excluding carboxylic acids is 2. The molecular weight excluding hydrogens is 567 g/mol. The zero-order valence-electron chi connectivity index (χ0n) is 24.1. The normalized spacial score (nSPS) is 23.7. The van der Waals surface area contributed by atoms with Crippen LogP contribution < -0.4 is 4.74 Å². The maximum absolute atomic E-state index is 13.0. The number of benzene rings is 1. The van der Waals surface area contributed by atoms with Crippen molar-refractivity contribution in [2.24, 2.45) is 5.92 Å². The van der Waals surface area contributed by atoms with Gasteiger partial charge in [0, 0.05) is 0 Å². The van der Waals surface area contributed by atoms with E-state index in [0.717, 1.165) is 24.0 Å². The zero-order chi connectivity index (χ0) is 30.8. The lowest BCUT2D eigenvalue weighted by atomic mass is 9.90. The van der Waals surface area contributed by atoms with Crippen LogP contribution in [0.5, 0.6) is 5.75 Å². The molecule has 3 N–H and O–H groups in total. The van der Waals surface area contributed by atoms with Crippen molar-refractivity contribution in [2.75, 3.05) is 6.79 Å². The molecule has 1 aromatic carbocycles. The Balaban J connectivity index is 1.75. The number of carbonyl (C=O) groups is 2. The van der Waals surface area contributed by atoms with Crippen molar-refractivity contribution >= 4 is 19.9 Å². The Bertz CT molecular complexity index is 1130. The highest BCUT2D eigenvalue weighted by molar-refractivity contribution is 7.61. The quantitative estimate of drug-likeness (QED) is 0.115. The molecule has 232 valence electrons. The number of aliphatic hydroxyl groups is 3. The molecule has 4 atom stereocenters. The Hall–Kier alpha value is -2.45. The van der Waals surface area contributed by atoms with E-state index in [1.807, 2.05) is 32.0 Å². The molecule has 1 aliphatic heterocycles. The fourth-order valence-electron chi connectivity index (χ4n) is 3.93. The van der Waals surface area contributed by atoms with E-state index in [2.05, 4.69) is 20.9 Å². The van der Waals surface area contributed by atoms with Crippen LogP contribution in [0.15, 0.2) is 18.2 Å². The van der Waals surface area contributed by atoms with Gasteiger partial charge < -0.3 is 39.0 Å². The Morgan fingerprint density at radius 3 is 2.15 bits per heavy atom. The Kier molecular flexibility index (Phi) is 10.3. The summed E-state index contributed by atoms with van der Waals surface area (Å²) in [5, 5.41) is 30.6. The summed E-state index contributed by atoms with van der Waals surface area (Å²) in [7, 11) is -4.95. The fraction of sp³-hybridized carbons (Fsp3) is 0.692. The van der Waals surface area contributed by atoms with Gasteiger partial charge >= 0.3 is 37.9 Å². The lowest BCUT2D eigenvalue weighted by molar-refractivity contribution is -0.383. The lowest BCUT2D eigenvalue weighted by Gasteiger charge is -2.24. The topological polar surface area (TPSA) is 189 Å². The van der Waals surface area contributed by atoms with Crippen molar-refractivity contribution < 1.29 is 66.9 Å². The van der Waals surface area contributed by atoms with Crippen LogP contribution in [0.4, 0.5) is 9.59 Å². The molecule has 14 nitrogen and oxygen atoms in total. The second-order valence-electron chi connectivity index (χ2n) is 10.7. The summed E-state index contributed by atoms with van der Waals surface area (Å²) in [6.07, 6.45) is -2.03. The van der Waals surface area contributed by atoms with Gasteiger partial charge in [-0.3, -0.25) is 13.8 Å². The molecule has 0 radical (unpaired) electrons. The highest BCUT2D eigenvalue weighted by atomic mass is 31.2. The zero-order valence-corrected chi connectivity index (χ0v) is 25.0. The average molecular weight is 607 g/mol. The first-order valence-electron chi connectivity index (χ1n) is 13.3. The third-order valence-electron chi connectivity index (χ3n) is 6.24. The average Bonchev–Trinajstić information content (AvgIpc) is 3.74. The molecule has 3 rings (SSSR count). The molecule has 1 saturated heterocycles. The summed E-state index contributed by atoms with van der Waals surface area (Å²) < 4.78 is 52.6. The SMILES string of the molecule is CC(C)OC(=O)OC(OCOc1c(C(C)C)cccc1[C@H](C)C1CC1)OP1(=O)OC1(O)C(O)(O)OC(=O)OC(C)C. The van der Waals surface area contributed by atoms with E-state index >= 15 is 0 Å². The van der Waals surface area contributed by atoms with Gasteiger partial charge in [0.25, 0.3) is 0 Å². The molecule has 1 aromatic rings. The second kappa shape index (κ2) is 12.8. The first-order chi connectivity index (χ1) is 19.0. The van der Waals surface area contributed by atoms with Gasteiger partial charge in [-0.1, -0.05) is 39.0 Å². The van der Waals surface area contributed by atoms with E-state index in [1.165, 1.54) is 27.7 Å². The van der Waals surface area contributed by atoms with Gasteiger partial charge in [-0.05, 0) is 69.4 Å². The number of hydrogen-bond donors (Lipinski definition) is 3. The molecule has 1 heterocycles. The summed E-state index contributed by atoms with van der Waals surface area (Å²) in [6.45, 7) is 9.29. The monoisotopic (exact) mass is 606 g/mol. The Morgan fingerprint density at radius 2 is 1.59 bits per heavy atom. The van der Waals surface area contributed by atoms with E-state index in [0.29, 0.717) is 11.7 Å².